The number of anilines is 1. The average Bonchev–Trinajstić information content (AvgIpc) is 2.67. The van der Waals surface area contributed by atoms with Crippen LogP contribution in [0.5, 0.6) is 0 Å². The molecule has 1 atom stereocenters. The number of halogens is 2. The topological polar surface area (TPSA) is 102 Å². The largest absolute Gasteiger partial charge is 0.454 e. The molecule has 0 spiro atoms. The summed E-state index contributed by atoms with van der Waals surface area (Å²) in [6.07, 6.45) is 0. The van der Waals surface area contributed by atoms with Gasteiger partial charge < -0.3 is 10.1 Å². The molecule has 2 rings (SSSR count). The second-order valence-corrected chi connectivity index (χ2v) is 9.07. The molecule has 1 amide bonds. The first-order valence-electron chi connectivity index (χ1n) is 8.59. The van der Waals surface area contributed by atoms with E-state index in [0.29, 0.717) is 4.47 Å². The fourth-order valence-electron chi connectivity index (χ4n) is 2.29. The Morgan fingerprint density at radius 2 is 1.79 bits per heavy atom. The summed E-state index contributed by atoms with van der Waals surface area (Å²) in [5, 5.41) is 2.28. The number of hydrogen-bond donors (Lipinski definition) is 2. The molecule has 2 aromatic carbocycles. The number of esters is 1. The van der Waals surface area contributed by atoms with Gasteiger partial charge in [-0.05, 0) is 36.2 Å². The van der Waals surface area contributed by atoms with Gasteiger partial charge in [0.15, 0.2) is 6.61 Å². The maximum Gasteiger partial charge on any atom is 0.324 e. The van der Waals surface area contributed by atoms with Gasteiger partial charge in [-0.25, -0.2) is 12.8 Å². The van der Waals surface area contributed by atoms with E-state index in [-0.39, 0.29) is 10.6 Å². The van der Waals surface area contributed by atoms with Crippen LogP contribution < -0.4 is 10.0 Å². The van der Waals surface area contributed by atoms with Crippen molar-refractivity contribution >= 4 is 43.5 Å². The van der Waals surface area contributed by atoms with Crippen LogP contribution in [0.1, 0.15) is 13.8 Å². The third kappa shape index (κ3) is 6.62. The Balaban J connectivity index is 1.99. The highest BCUT2D eigenvalue weighted by Crippen LogP contribution is 2.19. The van der Waals surface area contributed by atoms with Crippen LogP contribution in [-0.2, 0) is 24.3 Å². The van der Waals surface area contributed by atoms with Gasteiger partial charge in [0.2, 0.25) is 10.0 Å². The third-order valence-corrected chi connectivity index (χ3v) is 5.76. The summed E-state index contributed by atoms with van der Waals surface area (Å²) in [7, 11) is -3.95. The van der Waals surface area contributed by atoms with Crippen LogP contribution in [0.25, 0.3) is 0 Å². The zero-order chi connectivity index (χ0) is 21.6. The predicted molar refractivity (Wildman–Crippen MR) is 109 cm³/mol. The van der Waals surface area contributed by atoms with Gasteiger partial charge in [0.1, 0.15) is 11.9 Å². The van der Waals surface area contributed by atoms with E-state index < -0.39 is 46.3 Å². The second kappa shape index (κ2) is 9.95. The number of rotatable bonds is 8. The van der Waals surface area contributed by atoms with Crippen molar-refractivity contribution in [2.75, 3.05) is 11.9 Å². The monoisotopic (exact) mass is 486 g/mol. The van der Waals surface area contributed by atoms with Crippen molar-refractivity contribution in [2.24, 2.45) is 5.92 Å². The lowest BCUT2D eigenvalue weighted by Crippen LogP contribution is -2.45. The highest BCUT2D eigenvalue weighted by Gasteiger charge is 2.30. The molecule has 2 aromatic rings. The summed E-state index contributed by atoms with van der Waals surface area (Å²) >= 11 is 3.10. The number of sulfonamides is 1. The third-order valence-electron chi connectivity index (χ3n) is 3.81. The SMILES string of the molecule is CC(C)[C@H](NS(=O)(=O)c1ccccc1)C(=O)OCC(=O)Nc1ccc(Br)cc1F. The van der Waals surface area contributed by atoms with E-state index in [1.165, 1.54) is 30.3 Å². The summed E-state index contributed by atoms with van der Waals surface area (Å²) in [5.74, 6) is -2.76. The standard InChI is InChI=1S/C19H20BrFN2O5S/c1-12(2)18(23-29(26,27)14-6-4-3-5-7-14)19(25)28-11-17(24)22-16-9-8-13(20)10-15(16)21/h3-10,12,18,23H,11H2,1-2H3,(H,22,24)/t18-/m0/s1. The molecule has 156 valence electrons. The summed E-state index contributed by atoms with van der Waals surface area (Å²) in [6.45, 7) is 2.58. The molecule has 0 radical (unpaired) electrons. The van der Waals surface area contributed by atoms with E-state index in [1.807, 2.05) is 0 Å². The maximum absolute atomic E-state index is 13.8. The van der Waals surface area contributed by atoms with Crippen molar-refractivity contribution in [3.8, 4) is 0 Å². The zero-order valence-corrected chi connectivity index (χ0v) is 18.1. The Bertz CT molecular complexity index is 983. The Kier molecular flexibility index (Phi) is 7.88. The second-order valence-electron chi connectivity index (χ2n) is 6.44. The van der Waals surface area contributed by atoms with Crippen molar-refractivity contribution in [2.45, 2.75) is 24.8 Å². The zero-order valence-electron chi connectivity index (χ0n) is 15.7. The lowest BCUT2D eigenvalue weighted by Gasteiger charge is -2.20. The number of carbonyl (C=O) groups excluding carboxylic acids is 2. The molecule has 0 saturated carbocycles. The van der Waals surface area contributed by atoms with Crippen molar-refractivity contribution in [1.29, 1.82) is 0 Å². The predicted octanol–water partition coefficient (Wildman–Crippen LogP) is 3.07. The number of nitrogens with one attached hydrogen (secondary N) is 2. The van der Waals surface area contributed by atoms with Crippen LogP contribution in [0.15, 0.2) is 57.9 Å². The summed E-state index contributed by atoms with van der Waals surface area (Å²) < 4.78 is 46.4. The van der Waals surface area contributed by atoms with E-state index in [1.54, 1.807) is 32.0 Å². The van der Waals surface area contributed by atoms with E-state index in [9.17, 15) is 22.4 Å². The molecule has 10 heteroatoms. The molecule has 7 nitrogen and oxygen atoms in total. The van der Waals surface area contributed by atoms with Crippen LogP contribution in [0.3, 0.4) is 0 Å². The molecule has 0 aliphatic rings. The molecule has 0 saturated heterocycles. The number of benzene rings is 2. The van der Waals surface area contributed by atoms with Crippen molar-refractivity contribution in [3.05, 3.63) is 58.8 Å². The molecular weight excluding hydrogens is 467 g/mol. The number of amides is 1. The van der Waals surface area contributed by atoms with E-state index >= 15 is 0 Å². The van der Waals surface area contributed by atoms with Gasteiger partial charge in [-0.2, -0.15) is 4.72 Å². The van der Waals surface area contributed by atoms with Gasteiger partial charge in [-0.1, -0.05) is 48.0 Å². The minimum Gasteiger partial charge on any atom is -0.454 e. The fraction of sp³-hybridized carbons (Fsp3) is 0.263. The first kappa shape index (κ1) is 23.0. The molecule has 0 aromatic heterocycles. The van der Waals surface area contributed by atoms with Crippen molar-refractivity contribution < 1.29 is 27.1 Å². The normalized spacial score (nSPS) is 12.4. The number of hydrogen-bond acceptors (Lipinski definition) is 5. The molecule has 0 aliphatic heterocycles. The Morgan fingerprint density at radius 3 is 2.38 bits per heavy atom. The summed E-state index contributed by atoms with van der Waals surface area (Å²) in [4.78, 5) is 24.3. The highest BCUT2D eigenvalue weighted by molar-refractivity contribution is 9.10. The summed E-state index contributed by atoms with van der Waals surface area (Å²) in [6, 6.07) is 10.4. The highest BCUT2D eigenvalue weighted by atomic mass is 79.9. The smallest absolute Gasteiger partial charge is 0.324 e. The molecule has 0 aliphatic carbocycles. The van der Waals surface area contributed by atoms with Crippen LogP contribution in [0.4, 0.5) is 10.1 Å². The van der Waals surface area contributed by atoms with Crippen LogP contribution in [0.2, 0.25) is 0 Å². The minimum atomic E-state index is -3.95. The Hall–Kier alpha value is -2.30. The first-order chi connectivity index (χ1) is 13.6. The van der Waals surface area contributed by atoms with Gasteiger partial charge in [0.25, 0.3) is 5.91 Å². The van der Waals surface area contributed by atoms with Gasteiger partial charge in [0.05, 0.1) is 10.6 Å². The average molecular weight is 487 g/mol. The van der Waals surface area contributed by atoms with E-state index in [4.69, 9.17) is 4.74 Å². The fourth-order valence-corrected chi connectivity index (χ4v) is 3.98. The molecule has 0 heterocycles. The van der Waals surface area contributed by atoms with Gasteiger partial charge >= 0.3 is 5.97 Å². The van der Waals surface area contributed by atoms with Gasteiger partial charge in [-0.15, -0.1) is 0 Å². The molecule has 29 heavy (non-hydrogen) atoms. The lowest BCUT2D eigenvalue weighted by atomic mass is 10.1. The van der Waals surface area contributed by atoms with Crippen molar-refractivity contribution in [1.82, 2.24) is 4.72 Å². The molecular formula is C19H20BrFN2O5S. The van der Waals surface area contributed by atoms with Crippen molar-refractivity contribution in [3.63, 3.8) is 0 Å². The minimum absolute atomic E-state index is 0.00177. The maximum atomic E-state index is 13.8. The van der Waals surface area contributed by atoms with Crippen LogP contribution >= 0.6 is 15.9 Å². The molecule has 0 fully saturated rings. The lowest BCUT2D eigenvalue weighted by molar-refractivity contribution is -0.150. The van der Waals surface area contributed by atoms with Crippen LogP contribution in [0, 0.1) is 11.7 Å². The summed E-state index contributed by atoms with van der Waals surface area (Å²) in [5.41, 5.74) is -0.0700. The molecule has 0 bridgehead atoms. The first-order valence-corrected chi connectivity index (χ1v) is 10.9. The van der Waals surface area contributed by atoms with E-state index in [2.05, 4.69) is 26.0 Å². The molecule has 2 N–H and O–H groups in total. The Labute approximate surface area is 176 Å². The van der Waals surface area contributed by atoms with Gasteiger partial charge in [-0.3, -0.25) is 9.59 Å². The Morgan fingerprint density at radius 1 is 1.14 bits per heavy atom. The number of ether oxygens (including phenoxy) is 1. The number of carbonyl (C=O) groups is 2. The van der Waals surface area contributed by atoms with Gasteiger partial charge in [0, 0.05) is 4.47 Å². The molecule has 0 unspecified atom stereocenters. The van der Waals surface area contributed by atoms with E-state index in [0.717, 1.165) is 0 Å². The quantitative estimate of drug-likeness (QED) is 0.558. The van der Waals surface area contributed by atoms with Crippen LogP contribution in [-0.4, -0.2) is 32.9 Å².